The van der Waals surface area contributed by atoms with Crippen molar-refractivity contribution in [1.29, 1.82) is 0 Å². The first-order chi connectivity index (χ1) is 9.49. The predicted molar refractivity (Wildman–Crippen MR) is 89.0 cm³/mol. The molecule has 0 aliphatic carbocycles. The van der Waals surface area contributed by atoms with Gasteiger partial charge in [0.1, 0.15) is 0 Å². The largest absolute Gasteiger partial charge is 0.378 e. The van der Waals surface area contributed by atoms with E-state index in [9.17, 15) is 0 Å². The highest BCUT2D eigenvalue weighted by Gasteiger charge is 2.11. The molecule has 0 aromatic heterocycles. The zero-order chi connectivity index (χ0) is 14.7. The average Bonchev–Trinajstić information content (AvgIpc) is 2.42. The molecule has 0 radical (unpaired) electrons. The van der Waals surface area contributed by atoms with Crippen LogP contribution in [0.5, 0.6) is 0 Å². The molecule has 0 spiro atoms. The summed E-state index contributed by atoms with van der Waals surface area (Å²) < 4.78 is 0. The Labute approximate surface area is 130 Å². The minimum absolute atomic E-state index is 0.171. The van der Waals surface area contributed by atoms with Gasteiger partial charge in [0.15, 0.2) is 0 Å². The van der Waals surface area contributed by atoms with E-state index >= 15 is 0 Å². The van der Waals surface area contributed by atoms with Crippen molar-refractivity contribution >= 4 is 28.9 Å². The molecule has 0 heterocycles. The van der Waals surface area contributed by atoms with Gasteiger partial charge in [-0.2, -0.15) is 0 Å². The molecule has 0 saturated carbocycles. The van der Waals surface area contributed by atoms with Gasteiger partial charge in [-0.05, 0) is 42.2 Å². The Kier molecular flexibility index (Phi) is 4.95. The zero-order valence-electron chi connectivity index (χ0n) is 12.0. The number of nitrogens with one attached hydrogen (secondary N) is 1. The third kappa shape index (κ3) is 3.47. The van der Waals surface area contributed by atoms with Gasteiger partial charge in [-0.25, -0.2) is 0 Å². The first-order valence-corrected chi connectivity index (χ1v) is 7.55. The Morgan fingerprint density at radius 3 is 2.25 bits per heavy atom. The highest BCUT2D eigenvalue weighted by atomic mass is 35.5. The summed E-state index contributed by atoms with van der Waals surface area (Å²) in [6.07, 6.45) is 0. The molecule has 2 rings (SSSR count). The molecule has 1 N–H and O–H groups in total. The molecular formula is C17H19Cl2N. The summed E-state index contributed by atoms with van der Waals surface area (Å²) in [5, 5.41) is 4.73. The fraction of sp³-hybridized carbons (Fsp3) is 0.294. The minimum Gasteiger partial charge on any atom is -0.378 e. The average molecular weight is 308 g/mol. The molecule has 2 aromatic rings. The van der Waals surface area contributed by atoms with Crippen molar-refractivity contribution < 1.29 is 0 Å². The van der Waals surface area contributed by atoms with Crippen LogP contribution in [0, 0.1) is 0 Å². The number of hydrogen-bond acceptors (Lipinski definition) is 1. The van der Waals surface area contributed by atoms with Crippen LogP contribution in [-0.4, -0.2) is 0 Å². The van der Waals surface area contributed by atoms with Crippen LogP contribution in [0.25, 0.3) is 0 Å². The van der Waals surface area contributed by atoms with Crippen LogP contribution < -0.4 is 5.32 Å². The van der Waals surface area contributed by atoms with Crippen molar-refractivity contribution in [3.63, 3.8) is 0 Å². The standard InChI is InChI=1S/C17H19Cl2N/c1-11(2)14-6-4-5-7-17(14)20-12(3)13-8-9-15(18)16(19)10-13/h4-12,20H,1-3H3. The molecule has 0 aliphatic rings. The molecule has 20 heavy (non-hydrogen) atoms. The predicted octanol–water partition coefficient (Wildman–Crippen LogP) is 6.29. The van der Waals surface area contributed by atoms with Crippen LogP contribution in [0.1, 0.15) is 43.9 Å². The van der Waals surface area contributed by atoms with Gasteiger partial charge < -0.3 is 5.32 Å². The van der Waals surface area contributed by atoms with Crippen LogP contribution >= 0.6 is 23.2 Å². The van der Waals surface area contributed by atoms with E-state index in [4.69, 9.17) is 23.2 Å². The number of para-hydroxylation sites is 1. The molecule has 3 heteroatoms. The van der Waals surface area contributed by atoms with Crippen molar-refractivity contribution in [3.05, 3.63) is 63.6 Å². The zero-order valence-corrected chi connectivity index (χ0v) is 13.5. The van der Waals surface area contributed by atoms with Gasteiger partial charge in [-0.3, -0.25) is 0 Å². The number of benzene rings is 2. The first kappa shape index (κ1) is 15.2. The second-order valence-corrected chi connectivity index (χ2v) is 6.10. The van der Waals surface area contributed by atoms with Crippen LogP contribution in [0.2, 0.25) is 10.0 Å². The molecule has 1 unspecified atom stereocenters. The molecular weight excluding hydrogens is 289 g/mol. The van der Waals surface area contributed by atoms with Crippen LogP contribution in [0.4, 0.5) is 5.69 Å². The summed E-state index contributed by atoms with van der Waals surface area (Å²) in [5.74, 6) is 0.486. The summed E-state index contributed by atoms with van der Waals surface area (Å²) in [7, 11) is 0. The monoisotopic (exact) mass is 307 g/mol. The number of anilines is 1. The molecule has 0 saturated heterocycles. The molecule has 0 amide bonds. The van der Waals surface area contributed by atoms with Crippen molar-refractivity contribution in [2.45, 2.75) is 32.7 Å². The summed E-state index contributed by atoms with van der Waals surface area (Å²) in [4.78, 5) is 0. The lowest BCUT2D eigenvalue weighted by molar-refractivity contribution is 0.841. The molecule has 0 aliphatic heterocycles. The van der Waals surface area contributed by atoms with E-state index < -0.39 is 0 Å². The van der Waals surface area contributed by atoms with E-state index in [1.165, 1.54) is 11.3 Å². The molecule has 0 bridgehead atoms. The highest BCUT2D eigenvalue weighted by Crippen LogP contribution is 2.30. The van der Waals surface area contributed by atoms with Crippen molar-refractivity contribution in [3.8, 4) is 0 Å². The second kappa shape index (κ2) is 6.51. The van der Waals surface area contributed by atoms with Gasteiger partial charge in [0.2, 0.25) is 0 Å². The van der Waals surface area contributed by atoms with Gasteiger partial charge in [-0.15, -0.1) is 0 Å². The molecule has 0 fully saturated rings. The number of halogens is 2. The van der Waals surface area contributed by atoms with E-state index in [-0.39, 0.29) is 6.04 Å². The minimum atomic E-state index is 0.171. The van der Waals surface area contributed by atoms with Gasteiger partial charge in [0, 0.05) is 11.7 Å². The Morgan fingerprint density at radius 1 is 0.900 bits per heavy atom. The number of hydrogen-bond donors (Lipinski definition) is 1. The first-order valence-electron chi connectivity index (χ1n) is 6.79. The quantitative estimate of drug-likeness (QED) is 0.700. The third-order valence-electron chi connectivity index (χ3n) is 3.40. The Morgan fingerprint density at radius 2 is 1.60 bits per heavy atom. The normalized spacial score (nSPS) is 12.5. The molecule has 2 aromatic carbocycles. The van der Waals surface area contributed by atoms with Gasteiger partial charge in [-0.1, -0.05) is 61.3 Å². The van der Waals surface area contributed by atoms with Crippen molar-refractivity contribution in [2.75, 3.05) is 5.32 Å². The molecule has 106 valence electrons. The summed E-state index contributed by atoms with van der Waals surface area (Å²) in [6.45, 7) is 6.52. The van der Waals surface area contributed by atoms with E-state index in [1.54, 1.807) is 0 Å². The third-order valence-corrected chi connectivity index (χ3v) is 4.14. The number of rotatable bonds is 4. The summed E-state index contributed by atoms with van der Waals surface area (Å²) in [5.41, 5.74) is 3.61. The molecule has 1 nitrogen and oxygen atoms in total. The smallest absolute Gasteiger partial charge is 0.0595 e. The Balaban J connectivity index is 2.23. The maximum absolute atomic E-state index is 6.08. The SMILES string of the molecule is CC(C)c1ccccc1NC(C)c1ccc(Cl)c(Cl)c1. The lowest BCUT2D eigenvalue weighted by Gasteiger charge is -2.20. The van der Waals surface area contributed by atoms with Crippen molar-refractivity contribution in [2.24, 2.45) is 0 Å². The Hall–Kier alpha value is -1.18. The Bertz CT molecular complexity index is 593. The summed E-state index contributed by atoms with van der Waals surface area (Å²) in [6, 6.07) is 14.3. The lowest BCUT2D eigenvalue weighted by Crippen LogP contribution is -2.09. The summed E-state index contributed by atoms with van der Waals surface area (Å²) >= 11 is 12.0. The van der Waals surface area contributed by atoms with E-state index in [0.29, 0.717) is 16.0 Å². The van der Waals surface area contributed by atoms with Crippen LogP contribution in [0.15, 0.2) is 42.5 Å². The van der Waals surface area contributed by atoms with Gasteiger partial charge >= 0.3 is 0 Å². The maximum Gasteiger partial charge on any atom is 0.0595 e. The van der Waals surface area contributed by atoms with Crippen LogP contribution in [0.3, 0.4) is 0 Å². The second-order valence-electron chi connectivity index (χ2n) is 5.28. The fourth-order valence-electron chi connectivity index (χ4n) is 2.23. The topological polar surface area (TPSA) is 12.0 Å². The lowest BCUT2D eigenvalue weighted by atomic mass is 10.00. The van der Waals surface area contributed by atoms with E-state index in [1.807, 2.05) is 18.2 Å². The fourth-order valence-corrected chi connectivity index (χ4v) is 2.54. The maximum atomic E-state index is 6.08. The highest BCUT2D eigenvalue weighted by molar-refractivity contribution is 6.42. The van der Waals surface area contributed by atoms with E-state index in [0.717, 1.165) is 5.56 Å². The van der Waals surface area contributed by atoms with Crippen LogP contribution in [-0.2, 0) is 0 Å². The van der Waals surface area contributed by atoms with E-state index in [2.05, 4.69) is 50.4 Å². The van der Waals surface area contributed by atoms with Gasteiger partial charge in [0.05, 0.1) is 10.0 Å². The van der Waals surface area contributed by atoms with Crippen molar-refractivity contribution in [1.82, 2.24) is 0 Å². The van der Waals surface area contributed by atoms with Gasteiger partial charge in [0.25, 0.3) is 0 Å². The molecule has 1 atom stereocenters.